The maximum absolute atomic E-state index is 10.8. The number of carbonyl (C=O) groups excluding carboxylic acids is 1. The standard InChI is InChI=1S/C13H7Br2NO4/c14-10-6-9(5-4-8(10)7-17)20-12-3-1-2-11(13(12)15)16(18)19/h1-7H. The Bertz CT molecular complexity index is 688. The van der Waals surface area contributed by atoms with Crippen molar-refractivity contribution in [3.8, 4) is 11.5 Å². The second kappa shape index (κ2) is 6.15. The smallest absolute Gasteiger partial charge is 0.287 e. The highest BCUT2D eigenvalue weighted by Gasteiger charge is 2.16. The molecule has 0 fully saturated rings. The van der Waals surface area contributed by atoms with E-state index >= 15 is 0 Å². The van der Waals surface area contributed by atoms with Crippen molar-refractivity contribution in [3.05, 3.63) is 61.0 Å². The summed E-state index contributed by atoms with van der Waals surface area (Å²) in [4.78, 5) is 21.1. The van der Waals surface area contributed by atoms with Gasteiger partial charge in [-0.05, 0) is 56.1 Å². The van der Waals surface area contributed by atoms with Crippen molar-refractivity contribution >= 4 is 43.8 Å². The summed E-state index contributed by atoms with van der Waals surface area (Å²) in [6.45, 7) is 0. The van der Waals surface area contributed by atoms with E-state index in [4.69, 9.17) is 4.74 Å². The summed E-state index contributed by atoms with van der Waals surface area (Å²) < 4.78 is 6.44. The summed E-state index contributed by atoms with van der Waals surface area (Å²) >= 11 is 6.40. The highest BCUT2D eigenvalue weighted by Crippen LogP contribution is 2.37. The summed E-state index contributed by atoms with van der Waals surface area (Å²) in [5.41, 5.74) is 0.418. The van der Waals surface area contributed by atoms with Gasteiger partial charge < -0.3 is 4.74 Å². The van der Waals surface area contributed by atoms with Gasteiger partial charge in [-0.3, -0.25) is 14.9 Å². The minimum atomic E-state index is -0.498. The molecule has 0 aliphatic heterocycles. The third-order valence-electron chi connectivity index (χ3n) is 2.47. The van der Waals surface area contributed by atoms with Gasteiger partial charge >= 0.3 is 0 Å². The van der Waals surface area contributed by atoms with Gasteiger partial charge in [0, 0.05) is 16.1 Å². The van der Waals surface area contributed by atoms with Crippen LogP contribution in [0.5, 0.6) is 11.5 Å². The second-order valence-electron chi connectivity index (χ2n) is 3.75. The zero-order valence-electron chi connectivity index (χ0n) is 9.88. The van der Waals surface area contributed by atoms with Crippen molar-refractivity contribution in [1.29, 1.82) is 0 Å². The summed E-state index contributed by atoms with van der Waals surface area (Å²) in [6.07, 6.45) is 0.719. The van der Waals surface area contributed by atoms with E-state index in [1.165, 1.54) is 12.1 Å². The molecular formula is C13H7Br2NO4. The van der Waals surface area contributed by atoms with E-state index in [0.29, 0.717) is 21.5 Å². The van der Waals surface area contributed by atoms with Crippen LogP contribution >= 0.6 is 31.9 Å². The number of ether oxygens (including phenoxy) is 1. The first kappa shape index (κ1) is 14.7. The van der Waals surface area contributed by atoms with Crippen LogP contribution in [0.3, 0.4) is 0 Å². The van der Waals surface area contributed by atoms with Crippen molar-refractivity contribution in [2.75, 3.05) is 0 Å². The number of carbonyl (C=O) groups is 1. The predicted octanol–water partition coefficient (Wildman–Crippen LogP) is 4.72. The van der Waals surface area contributed by atoms with Crippen LogP contribution < -0.4 is 4.74 Å². The van der Waals surface area contributed by atoms with Crippen molar-refractivity contribution in [1.82, 2.24) is 0 Å². The lowest BCUT2D eigenvalue weighted by Crippen LogP contribution is -1.92. The number of nitro benzene ring substituents is 1. The largest absolute Gasteiger partial charge is 0.456 e. The van der Waals surface area contributed by atoms with Gasteiger partial charge in [-0.25, -0.2) is 0 Å². The van der Waals surface area contributed by atoms with Crippen LogP contribution in [0, 0.1) is 10.1 Å². The molecule has 20 heavy (non-hydrogen) atoms. The van der Waals surface area contributed by atoms with Gasteiger partial charge in [-0.1, -0.05) is 6.07 Å². The molecule has 0 atom stereocenters. The van der Waals surface area contributed by atoms with Crippen LogP contribution in [0.2, 0.25) is 0 Å². The van der Waals surface area contributed by atoms with Crippen molar-refractivity contribution < 1.29 is 14.5 Å². The van der Waals surface area contributed by atoms with Crippen LogP contribution in [0.25, 0.3) is 0 Å². The first-order chi connectivity index (χ1) is 9.52. The van der Waals surface area contributed by atoms with Crippen LogP contribution in [0.15, 0.2) is 45.3 Å². The molecule has 0 spiro atoms. The van der Waals surface area contributed by atoms with Crippen molar-refractivity contribution in [2.24, 2.45) is 0 Å². The second-order valence-corrected chi connectivity index (χ2v) is 5.40. The average Bonchev–Trinajstić information content (AvgIpc) is 2.41. The van der Waals surface area contributed by atoms with E-state index in [1.54, 1.807) is 24.3 Å². The van der Waals surface area contributed by atoms with Crippen LogP contribution in [0.4, 0.5) is 5.69 Å². The van der Waals surface area contributed by atoms with Crippen molar-refractivity contribution in [3.63, 3.8) is 0 Å². The first-order valence-electron chi connectivity index (χ1n) is 5.38. The number of nitro groups is 1. The van der Waals surface area contributed by atoms with Gasteiger partial charge in [0.1, 0.15) is 16.0 Å². The number of aldehydes is 1. The van der Waals surface area contributed by atoms with Gasteiger partial charge in [0.2, 0.25) is 0 Å². The lowest BCUT2D eigenvalue weighted by molar-refractivity contribution is -0.385. The zero-order valence-corrected chi connectivity index (χ0v) is 13.0. The van der Waals surface area contributed by atoms with Crippen LogP contribution in [-0.2, 0) is 0 Å². The molecule has 5 nitrogen and oxygen atoms in total. The molecule has 2 rings (SSSR count). The Labute approximate surface area is 131 Å². The van der Waals surface area contributed by atoms with Crippen LogP contribution in [0.1, 0.15) is 10.4 Å². The number of halogens is 2. The molecule has 0 amide bonds. The SMILES string of the molecule is O=Cc1ccc(Oc2cccc([N+](=O)[O-])c2Br)cc1Br. The van der Waals surface area contributed by atoms with E-state index in [1.807, 2.05) is 0 Å². The molecule has 0 aliphatic carbocycles. The van der Waals surface area contributed by atoms with E-state index < -0.39 is 4.92 Å². The van der Waals surface area contributed by atoms with E-state index in [-0.39, 0.29) is 10.2 Å². The molecule has 0 saturated carbocycles. The highest BCUT2D eigenvalue weighted by atomic mass is 79.9. The Morgan fingerprint density at radius 3 is 2.55 bits per heavy atom. The highest BCUT2D eigenvalue weighted by molar-refractivity contribution is 9.11. The molecular weight excluding hydrogens is 394 g/mol. The summed E-state index contributed by atoms with van der Waals surface area (Å²) in [6, 6.07) is 9.35. The molecule has 0 N–H and O–H groups in total. The Hall–Kier alpha value is -1.73. The minimum absolute atomic E-state index is 0.0777. The van der Waals surface area contributed by atoms with Gasteiger partial charge in [-0.2, -0.15) is 0 Å². The van der Waals surface area contributed by atoms with E-state index in [0.717, 1.165) is 6.29 Å². The van der Waals surface area contributed by atoms with Gasteiger partial charge in [0.25, 0.3) is 5.69 Å². The quantitative estimate of drug-likeness (QED) is 0.422. The topological polar surface area (TPSA) is 69.4 Å². The maximum Gasteiger partial charge on any atom is 0.287 e. The molecule has 2 aromatic carbocycles. The molecule has 102 valence electrons. The predicted molar refractivity (Wildman–Crippen MR) is 80.4 cm³/mol. The molecule has 2 aromatic rings. The lowest BCUT2D eigenvalue weighted by Gasteiger charge is -2.08. The minimum Gasteiger partial charge on any atom is -0.456 e. The number of nitrogens with zero attached hydrogens (tertiary/aromatic N) is 1. The Morgan fingerprint density at radius 2 is 1.95 bits per heavy atom. The number of hydrogen-bond donors (Lipinski definition) is 0. The fraction of sp³-hybridized carbons (Fsp3) is 0. The number of rotatable bonds is 4. The van der Waals surface area contributed by atoms with Crippen LogP contribution in [-0.4, -0.2) is 11.2 Å². The Balaban J connectivity index is 2.35. The van der Waals surface area contributed by atoms with Gasteiger partial charge in [-0.15, -0.1) is 0 Å². The summed E-state index contributed by atoms with van der Waals surface area (Å²) in [5.74, 6) is 0.786. The average molecular weight is 401 g/mol. The third-order valence-corrected chi connectivity index (χ3v) is 3.95. The number of benzene rings is 2. The lowest BCUT2D eigenvalue weighted by atomic mass is 10.2. The maximum atomic E-state index is 10.8. The normalized spacial score (nSPS) is 10.1. The number of hydrogen-bond acceptors (Lipinski definition) is 4. The monoisotopic (exact) mass is 399 g/mol. The fourth-order valence-electron chi connectivity index (χ4n) is 1.51. The molecule has 7 heteroatoms. The van der Waals surface area contributed by atoms with Crippen molar-refractivity contribution in [2.45, 2.75) is 0 Å². The van der Waals surface area contributed by atoms with E-state index in [9.17, 15) is 14.9 Å². The molecule has 0 radical (unpaired) electrons. The summed E-state index contributed by atoms with van der Waals surface area (Å²) in [7, 11) is 0. The van der Waals surface area contributed by atoms with Gasteiger partial charge in [0.05, 0.1) is 4.92 Å². The molecule has 0 heterocycles. The molecule has 0 aliphatic rings. The Kier molecular flexibility index (Phi) is 4.51. The van der Waals surface area contributed by atoms with E-state index in [2.05, 4.69) is 31.9 Å². The molecule has 0 bridgehead atoms. The first-order valence-corrected chi connectivity index (χ1v) is 6.97. The fourth-order valence-corrected chi connectivity index (χ4v) is 2.45. The summed E-state index contributed by atoms with van der Waals surface area (Å²) in [5, 5.41) is 10.8. The molecule has 0 saturated heterocycles. The zero-order chi connectivity index (χ0) is 14.7. The molecule has 0 aromatic heterocycles. The Morgan fingerprint density at radius 1 is 1.20 bits per heavy atom. The third kappa shape index (κ3) is 3.05. The molecule has 0 unspecified atom stereocenters. The van der Waals surface area contributed by atoms with Gasteiger partial charge in [0.15, 0.2) is 6.29 Å².